The van der Waals surface area contributed by atoms with Crippen LogP contribution in [0, 0.1) is 43.8 Å². The van der Waals surface area contributed by atoms with Gasteiger partial charge in [-0.25, -0.2) is 14.0 Å². The van der Waals surface area contributed by atoms with Crippen LogP contribution in [-0.2, 0) is 22.7 Å². The number of hydrogen-bond donors (Lipinski definition) is 3. The molecule has 430 valence electrons. The number of aliphatic hydroxyl groups is 2. The molecule has 0 aromatic heterocycles. The van der Waals surface area contributed by atoms with E-state index in [4.69, 9.17) is 28.9 Å². The van der Waals surface area contributed by atoms with Crippen molar-refractivity contribution in [3.8, 4) is 17.2 Å². The quantitative estimate of drug-likeness (QED) is 0.0179. The molecule has 1 heterocycles. The molecule has 2 aliphatic carbocycles. The molecule has 1 fully saturated rings. The third kappa shape index (κ3) is 16.0. The molecule has 0 unspecified atom stereocenters. The Bertz CT molecular complexity index is 2740. The molecule has 0 spiro atoms. The van der Waals surface area contributed by atoms with Gasteiger partial charge in [-0.1, -0.05) is 107 Å². The molecular weight excluding hydrogens is 1030 g/mol. The first kappa shape index (κ1) is 60.4. The van der Waals surface area contributed by atoms with Gasteiger partial charge in [0.1, 0.15) is 35.7 Å². The van der Waals surface area contributed by atoms with E-state index >= 15 is 4.79 Å². The van der Waals surface area contributed by atoms with E-state index in [1.807, 2.05) is 6.07 Å². The molecule has 2 amide bonds. The lowest BCUT2D eigenvalue weighted by Gasteiger charge is -2.59. The summed E-state index contributed by atoms with van der Waals surface area (Å²) < 4.78 is 41.1. The van der Waals surface area contributed by atoms with Gasteiger partial charge in [0.05, 0.1) is 28.1 Å². The number of benzene rings is 4. The lowest BCUT2D eigenvalue weighted by Crippen LogP contribution is -2.70. The Morgan fingerprint density at radius 2 is 1.41 bits per heavy atom. The number of nitrogens with zero attached hydrogens (tertiary/aromatic N) is 4. The van der Waals surface area contributed by atoms with Crippen molar-refractivity contribution < 1.29 is 57.8 Å². The maximum Gasteiger partial charge on any atom is 0.416 e. The van der Waals surface area contributed by atoms with E-state index in [1.165, 1.54) is 92.0 Å². The molecule has 3 N–H and O–H groups in total. The summed E-state index contributed by atoms with van der Waals surface area (Å²) in [5.41, 5.74) is 2.61. The van der Waals surface area contributed by atoms with Crippen LogP contribution in [0.5, 0.6) is 17.2 Å². The van der Waals surface area contributed by atoms with Crippen LogP contribution < -0.4 is 19.5 Å². The molecule has 7 rings (SSSR count). The number of carbonyl (C=O) groups excluding carboxylic acids is 2. The van der Waals surface area contributed by atoms with Crippen molar-refractivity contribution in [2.75, 3.05) is 26.4 Å². The molecule has 1 aliphatic heterocycles. The second-order valence-electron chi connectivity index (χ2n) is 20.8. The number of carbonyl (C=O) groups is 2. The SMILES string of the molecule is C=CCO[C@@]12Oc3ccc(OC(=O)NCCCCCCCCCCCC)cc3[C@H]3[C@H](CCCCO)[C@@H](CCCCO)C=C(C(=NOCc4ccc([N+](=O)[O-])cc4)C[C@@H]1N(Cc1ccc(F)cc1)C(=O)Oc1ccc([N+](=O)[O-])cc1)[C@H]32. The van der Waals surface area contributed by atoms with E-state index in [0.29, 0.717) is 78.8 Å². The Morgan fingerprint density at radius 3 is 2.05 bits per heavy atom. The molecule has 3 aliphatic rings. The highest BCUT2D eigenvalue weighted by Crippen LogP contribution is 2.62. The molecule has 0 bridgehead atoms. The number of amides is 2. The van der Waals surface area contributed by atoms with Gasteiger partial charge in [-0.15, -0.1) is 6.58 Å². The summed E-state index contributed by atoms with van der Waals surface area (Å²) in [6.45, 7) is 6.30. The molecule has 80 heavy (non-hydrogen) atoms. The molecule has 18 nitrogen and oxygen atoms in total. The zero-order chi connectivity index (χ0) is 56.9. The zero-order valence-electron chi connectivity index (χ0n) is 45.7. The number of hydrogen-bond acceptors (Lipinski definition) is 14. The lowest BCUT2D eigenvalue weighted by molar-refractivity contribution is -0.385. The molecule has 0 radical (unpaired) electrons. The maximum atomic E-state index is 15.2. The Labute approximate surface area is 467 Å². The van der Waals surface area contributed by atoms with Gasteiger partial charge in [0, 0.05) is 68.5 Å². The van der Waals surface area contributed by atoms with Gasteiger partial charge in [0.2, 0.25) is 5.79 Å². The fourth-order valence-corrected chi connectivity index (χ4v) is 11.4. The van der Waals surface area contributed by atoms with Gasteiger partial charge < -0.3 is 39.3 Å². The summed E-state index contributed by atoms with van der Waals surface area (Å²) in [5, 5.41) is 51.0. The van der Waals surface area contributed by atoms with Crippen molar-refractivity contribution in [1.82, 2.24) is 10.2 Å². The van der Waals surface area contributed by atoms with E-state index < -0.39 is 51.5 Å². The predicted molar refractivity (Wildman–Crippen MR) is 300 cm³/mol. The highest BCUT2D eigenvalue weighted by molar-refractivity contribution is 6.03. The van der Waals surface area contributed by atoms with E-state index in [1.54, 1.807) is 42.5 Å². The first-order chi connectivity index (χ1) is 38.9. The Morgan fingerprint density at radius 1 is 0.800 bits per heavy atom. The molecule has 1 saturated carbocycles. The van der Waals surface area contributed by atoms with Gasteiger partial charge in [-0.05, 0) is 115 Å². The highest BCUT2D eigenvalue weighted by atomic mass is 19.1. The largest absolute Gasteiger partial charge is 0.459 e. The molecular formula is C61H76FN5O13. The topological polar surface area (TPSA) is 235 Å². The highest BCUT2D eigenvalue weighted by Gasteiger charge is 2.66. The number of allylic oxidation sites excluding steroid dienone is 1. The lowest BCUT2D eigenvalue weighted by atomic mass is 9.55. The van der Waals surface area contributed by atoms with Crippen LogP contribution in [0.3, 0.4) is 0 Å². The fourth-order valence-electron chi connectivity index (χ4n) is 11.4. The fraction of sp³-hybridized carbons (Fsp3) is 0.492. The van der Waals surface area contributed by atoms with Crippen molar-refractivity contribution >= 4 is 29.3 Å². The summed E-state index contributed by atoms with van der Waals surface area (Å²) >= 11 is 0. The summed E-state index contributed by atoms with van der Waals surface area (Å²) in [7, 11) is 0. The van der Waals surface area contributed by atoms with Crippen LogP contribution in [0.2, 0.25) is 0 Å². The Hall–Kier alpha value is -7.22. The van der Waals surface area contributed by atoms with Crippen LogP contribution in [0.15, 0.2) is 120 Å². The first-order valence-corrected chi connectivity index (χ1v) is 28.3. The standard InChI is InChI=1S/C61H76FN5O13/c1-3-5-6-7-8-9-10-11-12-15-34-63-59(70)78-50-32-33-55-53(39-50)57-51(19-14-17-36-69)45(18-13-16-35-68)38-52-54(64-77-42-44-22-26-47(27-23-44)66(72)73)40-56(61(80-55,58(52)57)76-37-4-2)65(41-43-20-24-46(62)25-21-43)60(71)79-49-30-28-48(29-31-49)67(74)75/h4,20-33,38-39,45,51,56-58,68-69H,2-3,5-19,34-37,40-42H2,1H3,(H,63,70)/t45-,51+,56-,57+,58+,61+/m0/s1. The van der Waals surface area contributed by atoms with E-state index in [-0.39, 0.29) is 74.1 Å². The second kappa shape index (κ2) is 30.4. The number of oxime groups is 1. The minimum absolute atomic E-state index is 0.00247. The van der Waals surface area contributed by atoms with Crippen LogP contribution in [0.1, 0.15) is 139 Å². The molecule has 0 saturated heterocycles. The van der Waals surface area contributed by atoms with Crippen LogP contribution in [-0.4, -0.2) is 81.1 Å². The third-order valence-electron chi connectivity index (χ3n) is 15.3. The zero-order valence-corrected chi connectivity index (χ0v) is 45.7. The van der Waals surface area contributed by atoms with Gasteiger partial charge in [0.25, 0.3) is 11.4 Å². The predicted octanol–water partition coefficient (Wildman–Crippen LogP) is 13.2. The molecule has 4 aromatic carbocycles. The summed E-state index contributed by atoms with van der Waals surface area (Å²) in [5.74, 6) is -3.26. The van der Waals surface area contributed by atoms with Crippen molar-refractivity contribution in [3.05, 3.63) is 158 Å². The molecule has 6 atom stereocenters. The smallest absolute Gasteiger partial charge is 0.416 e. The van der Waals surface area contributed by atoms with Crippen molar-refractivity contribution in [2.24, 2.45) is 22.9 Å². The Kier molecular flexibility index (Phi) is 23.0. The minimum Gasteiger partial charge on any atom is -0.459 e. The minimum atomic E-state index is -1.77. The average molecular weight is 1110 g/mol. The van der Waals surface area contributed by atoms with Gasteiger partial charge in [-0.2, -0.15) is 0 Å². The van der Waals surface area contributed by atoms with Crippen molar-refractivity contribution in [3.63, 3.8) is 0 Å². The maximum absolute atomic E-state index is 15.2. The summed E-state index contributed by atoms with van der Waals surface area (Å²) in [6.07, 6.45) is 17.4. The van der Waals surface area contributed by atoms with E-state index in [9.17, 15) is 39.6 Å². The number of halogens is 1. The molecule has 19 heteroatoms. The first-order valence-electron chi connectivity index (χ1n) is 28.3. The van der Waals surface area contributed by atoms with E-state index in [0.717, 1.165) is 25.7 Å². The summed E-state index contributed by atoms with van der Waals surface area (Å²) in [6, 6.07) is 20.6. The van der Waals surface area contributed by atoms with Gasteiger partial charge in [0.15, 0.2) is 0 Å². The number of nitro groups is 2. The van der Waals surface area contributed by atoms with Crippen molar-refractivity contribution in [2.45, 2.75) is 147 Å². The summed E-state index contributed by atoms with van der Waals surface area (Å²) in [4.78, 5) is 58.3. The number of unbranched alkanes of at least 4 members (excludes halogenated alkanes) is 11. The monoisotopic (exact) mass is 1110 g/mol. The van der Waals surface area contributed by atoms with Gasteiger partial charge in [-0.3, -0.25) is 25.1 Å². The number of nitro benzene ring substituents is 2. The number of nitrogens with one attached hydrogen (secondary N) is 1. The Balaban J connectivity index is 1.33. The van der Waals surface area contributed by atoms with Crippen LogP contribution >= 0.6 is 0 Å². The normalized spacial score (nSPS) is 20.3. The molecule has 4 aromatic rings. The number of ether oxygens (including phenoxy) is 4. The van der Waals surface area contributed by atoms with Crippen LogP contribution in [0.25, 0.3) is 0 Å². The second-order valence-corrected chi connectivity index (χ2v) is 20.8. The number of fused-ring (bicyclic) bond motifs is 2. The third-order valence-corrected chi connectivity index (χ3v) is 15.3. The average Bonchev–Trinajstić information content (AvgIpc) is 3.41. The van der Waals surface area contributed by atoms with E-state index in [2.05, 4.69) is 24.9 Å². The van der Waals surface area contributed by atoms with Crippen LogP contribution in [0.4, 0.5) is 25.4 Å². The van der Waals surface area contributed by atoms with Gasteiger partial charge >= 0.3 is 12.2 Å². The number of aliphatic hydroxyl groups excluding tert-OH is 2. The van der Waals surface area contributed by atoms with Crippen molar-refractivity contribution in [1.29, 1.82) is 0 Å². The number of rotatable bonds is 32. The number of non-ortho nitro benzene ring substituents is 2.